The van der Waals surface area contributed by atoms with Crippen LogP contribution < -0.4 is 5.73 Å². The molecule has 0 atom stereocenters. The van der Waals surface area contributed by atoms with Gasteiger partial charge in [-0.25, -0.2) is 4.79 Å². The van der Waals surface area contributed by atoms with Crippen molar-refractivity contribution in [3.63, 3.8) is 0 Å². The van der Waals surface area contributed by atoms with E-state index in [2.05, 4.69) is 11.8 Å². The molecule has 0 unspecified atom stereocenters. The van der Waals surface area contributed by atoms with Crippen molar-refractivity contribution >= 4 is 5.97 Å². The Balaban J connectivity index is 2.24. The summed E-state index contributed by atoms with van der Waals surface area (Å²) in [7, 11) is 0. The first kappa shape index (κ1) is 9.75. The largest absolute Gasteiger partial charge is 0.457 e. The third-order valence-corrected chi connectivity index (χ3v) is 2.19. The van der Waals surface area contributed by atoms with E-state index in [4.69, 9.17) is 10.5 Å². The summed E-state index contributed by atoms with van der Waals surface area (Å²) in [5, 5.41) is 0. The number of hydrogen-bond acceptors (Lipinski definition) is 3. The van der Waals surface area contributed by atoms with Gasteiger partial charge in [0.1, 0.15) is 6.61 Å². The van der Waals surface area contributed by atoms with Crippen LogP contribution in [-0.2, 0) is 11.3 Å². The highest BCUT2D eigenvalue weighted by atomic mass is 16.5. The number of carbonyl (C=O) groups is 1. The molecule has 0 saturated heterocycles. The van der Waals surface area contributed by atoms with Crippen molar-refractivity contribution in [2.24, 2.45) is 5.73 Å². The minimum Gasteiger partial charge on any atom is -0.457 e. The summed E-state index contributed by atoms with van der Waals surface area (Å²) >= 11 is 0. The first-order valence-corrected chi connectivity index (χ1v) is 4.80. The zero-order chi connectivity index (χ0) is 10.7. The molecule has 1 aliphatic heterocycles. The Morgan fingerprint density at radius 1 is 1.47 bits per heavy atom. The molecule has 0 radical (unpaired) electrons. The van der Waals surface area contributed by atoms with E-state index in [1.165, 1.54) is 0 Å². The van der Waals surface area contributed by atoms with Gasteiger partial charge in [-0.2, -0.15) is 0 Å². The van der Waals surface area contributed by atoms with Crippen molar-refractivity contribution in [2.45, 2.75) is 13.0 Å². The van der Waals surface area contributed by atoms with Gasteiger partial charge in [0.2, 0.25) is 0 Å². The first-order valence-electron chi connectivity index (χ1n) is 4.80. The van der Waals surface area contributed by atoms with E-state index in [1.807, 2.05) is 12.1 Å². The molecule has 0 saturated carbocycles. The van der Waals surface area contributed by atoms with Crippen LogP contribution >= 0.6 is 0 Å². The number of carbonyl (C=O) groups excluding carboxylic acids is 1. The van der Waals surface area contributed by atoms with Crippen molar-refractivity contribution in [3.8, 4) is 11.8 Å². The summed E-state index contributed by atoms with van der Waals surface area (Å²) in [6.45, 7) is 0.931. The Bertz CT molecular complexity index is 454. The Hall–Kier alpha value is -1.79. The van der Waals surface area contributed by atoms with E-state index in [9.17, 15) is 4.79 Å². The first-order chi connectivity index (χ1) is 7.31. The molecule has 76 valence electrons. The second-order valence-electron chi connectivity index (χ2n) is 3.29. The van der Waals surface area contributed by atoms with Crippen LogP contribution in [0, 0.1) is 11.8 Å². The van der Waals surface area contributed by atoms with E-state index in [-0.39, 0.29) is 5.97 Å². The maximum absolute atomic E-state index is 11.2. The molecule has 2 rings (SSSR count). The van der Waals surface area contributed by atoms with Crippen molar-refractivity contribution in [3.05, 3.63) is 34.9 Å². The maximum Gasteiger partial charge on any atom is 0.338 e. The molecule has 0 bridgehead atoms. The molecule has 0 aliphatic carbocycles. The number of ether oxygens (including phenoxy) is 1. The fourth-order valence-electron chi connectivity index (χ4n) is 1.45. The van der Waals surface area contributed by atoms with Gasteiger partial charge < -0.3 is 10.5 Å². The van der Waals surface area contributed by atoms with Gasteiger partial charge >= 0.3 is 5.97 Å². The molecule has 3 heteroatoms. The lowest BCUT2D eigenvalue weighted by molar-refractivity contribution is 0.0535. The van der Waals surface area contributed by atoms with Gasteiger partial charge in [-0.1, -0.05) is 11.8 Å². The van der Waals surface area contributed by atoms with Gasteiger partial charge in [-0.05, 0) is 18.2 Å². The minimum absolute atomic E-state index is 0.244. The summed E-state index contributed by atoms with van der Waals surface area (Å²) in [6.07, 6.45) is 0.687. The topological polar surface area (TPSA) is 52.3 Å². The number of esters is 1. The lowest BCUT2D eigenvalue weighted by Gasteiger charge is -1.94. The van der Waals surface area contributed by atoms with Crippen LogP contribution in [0.5, 0.6) is 0 Å². The van der Waals surface area contributed by atoms with Gasteiger partial charge in [-0.3, -0.25) is 0 Å². The van der Waals surface area contributed by atoms with Gasteiger partial charge in [0.05, 0.1) is 5.56 Å². The third-order valence-electron chi connectivity index (χ3n) is 2.19. The minimum atomic E-state index is -0.244. The second-order valence-corrected chi connectivity index (χ2v) is 3.29. The highest BCUT2D eigenvalue weighted by Crippen LogP contribution is 2.20. The molecule has 0 fully saturated rings. The van der Waals surface area contributed by atoms with Crippen molar-refractivity contribution in [2.75, 3.05) is 6.54 Å². The molecule has 1 aliphatic rings. The highest BCUT2D eigenvalue weighted by Gasteiger charge is 2.20. The van der Waals surface area contributed by atoms with Crippen LogP contribution in [0.2, 0.25) is 0 Å². The zero-order valence-corrected chi connectivity index (χ0v) is 8.25. The average molecular weight is 201 g/mol. The molecule has 15 heavy (non-hydrogen) atoms. The van der Waals surface area contributed by atoms with Crippen LogP contribution in [-0.4, -0.2) is 12.5 Å². The quantitative estimate of drug-likeness (QED) is 0.546. The monoisotopic (exact) mass is 201 g/mol. The predicted octanol–water partition coefficient (Wildman–Crippen LogP) is 1.06. The van der Waals surface area contributed by atoms with Crippen LogP contribution in [0.1, 0.15) is 27.9 Å². The number of rotatable bonds is 1. The lowest BCUT2D eigenvalue weighted by Crippen LogP contribution is -1.95. The van der Waals surface area contributed by atoms with Crippen LogP contribution in [0.4, 0.5) is 0 Å². The van der Waals surface area contributed by atoms with E-state index in [0.717, 1.165) is 11.1 Å². The highest BCUT2D eigenvalue weighted by molar-refractivity contribution is 5.93. The van der Waals surface area contributed by atoms with Gasteiger partial charge in [-0.15, -0.1) is 0 Å². The van der Waals surface area contributed by atoms with Crippen molar-refractivity contribution in [1.82, 2.24) is 0 Å². The third kappa shape index (κ3) is 2.00. The van der Waals surface area contributed by atoms with E-state index >= 15 is 0 Å². The number of benzene rings is 1. The van der Waals surface area contributed by atoms with Crippen LogP contribution in [0.15, 0.2) is 18.2 Å². The average Bonchev–Trinajstić information content (AvgIpc) is 2.61. The van der Waals surface area contributed by atoms with Crippen molar-refractivity contribution < 1.29 is 9.53 Å². The Morgan fingerprint density at radius 3 is 3.13 bits per heavy atom. The van der Waals surface area contributed by atoms with Gasteiger partial charge in [0.25, 0.3) is 0 Å². The molecule has 2 N–H and O–H groups in total. The number of cyclic esters (lactones) is 1. The van der Waals surface area contributed by atoms with E-state index in [0.29, 0.717) is 25.1 Å². The fourth-order valence-corrected chi connectivity index (χ4v) is 1.45. The van der Waals surface area contributed by atoms with Gasteiger partial charge in [0.15, 0.2) is 0 Å². The number of nitrogens with two attached hydrogens (primary N) is 1. The Kier molecular flexibility index (Phi) is 2.70. The summed E-state index contributed by atoms with van der Waals surface area (Å²) < 4.78 is 4.90. The predicted molar refractivity (Wildman–Crippen MR) is 56.1 cm³/mol. The molecule has 3 nitrogen and oxygen atoms in total. The maximum atomic E-state index is 11.2. The molecule has 1 aromatic rings. The number of fused-ring (bicyclic) bond motifs is 1. The van der Waals surface area contributed by atoms with Crippen LogP contribution in [0.25, 0.3) is 0 Å². The van der Waals surface area contributed by atoms with E-state index < -0.39 is 0 Å². The summed E-state index contributed by atoms with van der Waals surface area (Å²) in [5.74, 6) is 5.70. The van der Waals surface area contributed by atoms with Crippen molar-refractivity contribution in [1.29, 1.82) is 0 Å². The molecule has 0 spiro atoms. The smallest absolute Gasteiger partial charge is 0.338 e. The number of hydrogen-bond donors (Lipinski definition) is 1. The second kappa shape index (κ2) is 4.16. The van der Waals surface area contributed by atoms with E-state index in [1.54, 1.807) is 6.07 Å². The van der Waals surface area contributed by atoms with Gasteiger partial charge in [0, 0.05) is 24.1 Å². The summed E-state index contributed by atoms with van der Waals surface area (Å²) in [4.78, 5) is 11.2. The standard InChI is InChI=1S/C12H11NO2/c13-6-2-1-3-9-4-5-11-10(7-9)8-15-12(11)14/h4-5,7H,2,6,8,13H2. The lowest BCUT2D eigenvalue weighted by atomic mass is 10.1. The summed E-state index contributed by atoms with van der Waals surface area (Å²) in [6, 6.07) is 5.48. The van der Waals surface area contributed by atoms with Crippen LogP contribution in [0.3, 0.4) is 0 Å². The Morgan fingerprint density at radius 2 is 2.33 bits per heavy atom. The molecular weight excluding hydrogens is 190 g/mol. The molecular formula is C12H11NO2. The SMILES string of the molecule is NCCC#Cc1ccc2c(c1)COC2=O. The Labute approximate surface area is 88.2 Å². The molecule has 0 amide bonds. The fraction of sp³-hybridized carbons (Fsp3) is 0.250. The molecule has 0 aromatic heterocycles. The molecule has 1 heterocycles. The normalized spacial score (nSPS) is 12.7. The zero-order valence-electron chi connectivity index (χ0n) is 8.25. The summed E-state index contributed by atoms with van der Waals surface area (Å²) in [5.41, 5.74) is 7.81. The molecule has 1 aromatic carbocycles.